The van der Waals surface area contributed by atoms with Crippen molar-refractivity contribution in [2.75, 3.05) is 13.2 Å². The van der Waals surface area contributed by atoms with Crippen LogP contribution in [-0.4, -0.2) is 36.0 Å². The maximum atomic E-state index is 10.5. The second-order valence-electron chi connectivity index (χ2n) is 3.74. The molecule has 0 aromatic rings. The zero-order valence-corrected chi connectivity index (χ0v) is 8.78. The molecule has 0 spiro atoms. The van der Waals surface area contributed by atoms with Crippen LogP contribution in [0.3, 0.4) is 0 Å². The van der Waals surface area contributed by atoms with E-state index in [0.717, 1.165) is 12.8 Å². The molecule has 82 valence electrons. The molecule has 0 aromatic carbocycles. The Morgan fingerprint density at radius 1 is 1.50 bits per heavy atom. The summed E-state index contributed by atoms with van der Waals surface area (Å²) in [4.78, 5) is 10.5. The maximum Gasteiger partial charge on any atom is 0.306 e. The number of hydrogen-bond donors (Lipinski definition) is 1. The highest BCUT2D eigenvalue weighted by Gasteiger charge is 2.35. The Morgan fingerprint density at radius 2 is 2.14 bits per heavy atom. The van der Waals surface area contributed by atoms with E-state index in [0.29, 0.717) is 13.2 Å². The Labute approximate surface area is 84.2 Å². The van der Waals surface area contributed by atoms with E-state index in [2.05, 4.69) is 0 Å². The average molecular weight is 202 g/mol. The summed E-state index contributed by atoms with van der Waals surface area (Å²) in [5.74, 6) is -0.832. The first-order valence-corrected chi connectivity index (χ1v) is 5.09. The van der Waals surface area contributed by atoms with E-state index >= 15 is 0 Å². The SMILES string of the molecule is CCC1(CC)COCC(CC(=O)O)O1. The molecule has 1 atom stereocenters. The fourth-order valence-corrected chi connectivity index (χ4v) is 1.71. The van der Waals surface area contributed by atoms with Gasteiger partial charge in [-0.25, -0.2) is 0 Å². The van der Waals surface area contributed by atoms with Crippen molar-refractivity contribution in [1.29, 1.82) is 0 Å². The summed E-state index contributed by atoms with van der Waals surface area (Å²) in [7, 11) is 0. The first-order valence-electron chi connectivity index (χ1n) is 5.09. The minimum absolute atomic E-state index is 0.0295. The van der Waals surface area contributed by atoms with Crippen LogP contribution in [0.1, 0.15) is 33.1 Å². The molecule has 4 heteroatoms. The molecule has 0 saturated carbocycles. The van der Waals surface area contributed by atoms with Crippen LogP contribution < -0.4 is 0 Å². The lowest BCUT2D eigenvalue weighted by molar-refractivity contribution is -0.205. The lowest BCUT2D eigenvalue weighted by atomic mass is 9.96. The van der Waals surface area contributed by atoms with Gasteiger partial charge in [0, 0.05) is 0 Å². The third-order valence-electron chi connectivity index (χ3n) is 2.78. The Morgan fingerprint density at radius 3 is 2.64 bits per heavy atom. The number of aliphatic carboxylic acids is 1. The zero-order valence-electron chi connectivity index (χ0n) is 8.78. The lowest BCUT2D eigenvalue weighted by Crippen LogP contribution is -2.47. The van der Waals surface area contributed by atoms with Gasteiger partial charge in [0.15, 0.2) is 0 Å². The first kappa shape index (κ1) is 11.5. The summed E-state index contributed by atoms with van der Waals surface area (Å²) in [6.45, 7) is 5.05. The molecule has 4 nitrogen and oxygen atoms in total. The molecule has 1 heterocycles. The predicted octanol–water partition coefficient (Wildman–Crippen LogP) is 1.44. The van der Waals surface area contributed by atoms with Crippen LogP contribution in [0, 0.1) is 0 Å². The number of hydrogen-bond acceptors (Lipinski definition) is 3. The summed E-state index contributed by atoms with van der Waals surface area (Å²) in [6, 6.07) is 0. The highest BCUT2D eigenvalue weighted by Crippen LogP contribution is 2.27. The van der Waals surface area contributed by atoms with E-state index < -0.39 is 5.97 Å². The van der Waals surface area contributed by atoms with Gasteiger partial charge in [0.2, 0.25) is 0 Å². The maximum absolute atomic E-state index is 10.5. The summed E-state index contributed by atoms with van der Waals surface area (Å²) < 4.78 is 11.2. The molecule has 0 radical (unpaired) electrons. The van der Waals surface area contributed by atoms with Gasteiger partial charge < -0.3 is 14.6 Å². The number of carboxylic acids is 1. The monoisotopic (exact) mass is 202 g/mol. The van der Waals surface area contributed by atoms with Crippen molar-refractivity contribution in [3.8, 4) is 0 Å². The fraction of sp³-hybridized carbons (Fsp3) is 0.900. The van der Waals surface area contributed by atoms with Gasteiger partial charge in [-0.1, -0.05) is 13.8 Å². The standard InChI is InChI=1S/C10H18O4/c1-3-10(4-2)7-13-6-8(14-10)5-9(11)12/h8H,3-7H2,1-2H3,(H,11,12). The Kier molecular flexibility index (Phi) is 3.89. The predicted molar refractivity (Wildman–Crippen MR) is 51.3 cm³/mol. The van der Waals surface area contributed by atoms with Crippen molar-refractivity contribution < 1.29 is 19.4 Å². The van der Waals surface area contributed by atoms with Gasteiger partial charge in [0.25, 0.3) is 0 Å². The van der Waals surface area contributed by atoms with E-state index in [1.54, 1.807) is 0 Å². The topological polar surface area (TPSA) is 55.8 Å². The molecule has 1 N–H and O–H groups in total. The van der Waals surface area contributed by atoms with Crippen molar-refractivity contribution in [3.63, 3.8) is 0 Å². The molecule has 1 aliphatic rings. The number of carboxylic acid groups (broad SMARTS) is 1. The van der Waals surface area contributed by atoms with Crippen LogP contribution in [0.15, 0.2) is 0 Å². The van der Waals surface area contributed by atoms with E-state index in [1.165, 1.54) is 0 Å². The second-order valence-corrected chi connectivity index (χ2v) is 3.74. The minimum atomic E-state index is -0.832. The molecule has 0 aliphatic carbocycles. The van der Waals surface area contributed by atoms with E-state index in [9.17, 15) is 4.79 Å². The van der Waals surface area contributed by atoms with E-state index in [4.69, 9.17) is 14.6 Å². The second kappa shape index (κ2) is 4.75. The van der Waals surface area contributed by atoms with Gasteiger partial charge in [-0.05, 0) is 12.8 Å². The molecule has 1 unspecified atom stereocenters. The van der Waals surface area contributed by atoms with Crippen molar-refractivity contribution >= 4 is 5.97 Å². The van der Waals surface area contributed by atoms with Gasteiger partial charge in [-0.3, -0.25) is 4.79 Å². The van der Waals surface area contributed by atoms with Crippen LogP contribution in [0.2, 0.25) is 0 Å². The molecule has 0 amide bonds. The summed E-state index contributed by atoms with van der Waals surface area (Å²) in [5.41, 5.74) is -0.266. The molecule has 14 heavy (non-hydrogen) atoms. The highest BCUT2D eigenvalue weighted by molar-refractivity contribution is 5.67. The van der Waals surface area contributed by atoms with Crippen LogP contribution >= 0.6 is 0 Å². The molecule has 1 aliphatic heterocycles. The van der Waals surface area contributed by atoms with E-state index in [-0.39, 0.29) is 18.1 Å². The third-order valence-corrected chi connectivity index (χ3v) is 2.78. The lowest BCUT2D eigenvalue weighted by Gasteiger charge is -2.39. The molecular weight excluding hydrogens is 184 g/mol. The van der Waals surface area contributed by atoms with Crippen LogP contribution in [0.4, 0.5) is 0 Å². The fourth-order valence-electron chi connectivity index (χ4n) is 1.71. The number of ether oxygens (including phenoxy) is 2. The van der Waals surface area contributed by atoms with Crippen molar-refractivity contribution in [2.24, 2.45) is 0 Å². The molecule has 1 rings (SSSR count). The smallest absolute Gasteiger partial charge is 0.306 e. The van der Waals surface area contributed by atoms with Gasteiger partial charge in [0.05, 0.1) is 31.3 Å². The quantitative estimate of drug-likeness (QED) is 0.749. The average Bonchev–Trinajstić information content (AvgIpc) is 2.17. The Hall–Kier alpha value is -0.610. The van der Waals surface area contributed by atoms with E-state index in [1.807, 2.05) is 13.8 Å². The highest BCUT2D eigenvalue weighted by atomic mass is 16.6. The molecule has 1 fully saturated rings. The summed E-state index contributed by atoms with van der Waals surface area (Å²) in [5, 5.41) is 8.65. The zero-order chi connectivity index (χ0) is 10.6. The van der Waals surface area contributed by atoms with Crippen LogP contribution in [0.25, 0.3) is 0 Å². The Bertz CT molecular complexity index is 198. The Balaban J connectivity index is 2.53. The van der Waals surface area contributed by atoms with Gasteiger partial charge in [-0.2, -0.15) is 0 Å². The summed E-state index contributed by atoms with van der Waals surface area (Å²) >= 11 is 0. The van der Waals surface area contributed by atoms with Gasteiger partial charge in [-0.15, -0.1) is 0 Å². The number of rotatable bonds is 4. The molecule has 0 aromatic heterocycles. The van der Waals surface area contributed by atoms with Crippen LogP contribution in [0.5, 0.6) is 0 Å². The van der Waals surface area contributed by atoms with Crippen molar-refractivity contribution in [1.82, 2.24) is 0 Å². The normalized spacial score (nSPS) is 26.0. The summed E-state index contributed by atoms with van der Waals surface area (Å²) in [6.07, 6.45) is 1.46. The van der Waals surface area contributed by atoms with Crippen molar-refractivity contribution in [2.45, 2.75) is 44.8 Å². The minimum Gasteiger partial charge on any atom is -0.481 e. The van der Waals surface area contributed by atoms with Gasteiger partial charge in [0.1, 0.15) is 0 Å². The number of carbonyl (C=O) groups is 1. The molecule has 0 bridgehead atoms. The molecule has 1 saturated heterocycles. The van der Waals surface area contributed by atoms with Gasteiger partial charge >= 0.3 is 5.97 Å². The molecular formula is C10H18O4. The third kappa shape index (κ3) is 2.69. The van der Waals surface area contributed by atoms with Crippen LogP contribution in [-0.2, 0) is 14.3 Å². The largest absolute Gasteiger partial charge is 0.481 e. The first-order chi connectivity index (χ1) is 6.62. The van der Waals surface area contributed by atoms with Crippen molar-refractivity contribution in [3.05, 3.63) is 0 Å².